The smallest absolute Gasteiger partial charge is 0.214 e. The molecule has 0 aromatic carbocycles. The summed E-state index contributed by atoms with van der Waals surface area (Å²) in [5.74, 6) is 1.99. The van der Waals surface area contributed by atoms with Crippen LogP contribution in [0.15, 0.2) is 12.1 Å². The molecule has 2 fully saturated rings. The van der Waals surface area contributed by atoms with Crippen LogP contribution >= 0.6 is 0 Å². The van der Waals surface area contributed by atoms with Crippen LogP contribution in [0.2, 0.25) is 0 Å². The minimum Gasteiger partial charge on any atom is -0.352 e. The van der Waals surface area contributed by atoms with E-state index in [1.165, 1.54) is 0 Å². The molecule has 0 unspecified atom stereocenters. The van der Waals surface area contributed by atoms with Crippen molar-refractivity contribution in [3.8, 4) is 0 Å². The van der Waals surface area contributed by atoms with Gasteiger partial charge >= 0.3 is 0 Å². The molecule has 0 atom stereocenters. The van der Waals surface area contributed by atoms with Gasteiger partial charge in [-0.1, -0.05) is 0 Å². The van der Waals surface area contributed by atoms with Gasteiger partial charge in [0, 0.05) is 38.8 Å². The van der Waals surface area contributed by atoms with Crippen molar-refractivity contribution in [1.82, 2.24) is 29.0 Å². The van der Waals surface area contributed by atoms with Crippen LogP contribution in [0.25, 0.3) is 5.65 Å². The fourth-order valence-corrected chi connectivity index (χ4v) is 4.89. The number of hydrogen-bond donors (Lipinski definition) is 0. The topological polar surface area (TPSA) is 86.9 Å². The van der Waals surface area contributed by atoms with Crippen LogP contribution in [-0.4, -0.2) is 89.0 Å². The molecule has 0 radical (unpaired) electrons. The highest BCUT2D eigenvalue weighted by atomic mass is 32.2. The van der Waals surface area contributed by atoms with Gasteiger partial charge in [0.05, 0.1) is 5.75 Å². The van der Waals surface area contributed by atoms with Crippen molar-refractivity contribution in [3.63, 3.8) is 0 Å². The Morgan fingerprint density at radius 2 is 2.08 bits per heavy atom. The Balaban J connectivity index is 1.32. The fraction of sp³-hybridized carbons (Fsp3) is 0.667. The van der Waals surface area contributed by atoms with E-state index >= 15 is 0 Å². The van der Waals surface area contributed by atoms with Crippen molar-refractivity contribution in [3.05, 3.63) is 18.0 Å². The molecule has 2 saturated heterocycles. The standard InChI is InChI=1S/C15H23N7O2S/c1-12-16-17-14-4-5-15(18-22(12)14)20-10-13(11-20)19(2)7-8-21-6-3-9-25(21,23)24/h4-5,13H,3,6-11H2,1-2H3. The van der Waals surface area contributed by atoms with E-state index < -0.39 is 10.0 Å². The number of hydrogen-bond acceptors (Lipinski definition) is 7. The molecular weight excluding hydrogens is 342 g/mol. The average Bonchev–Trinajstić information content (AvgIpc) is 3.06. The third-order valence-electron chi connectivity index (χ3n) is 5.12. The zero-order valence-electron chi connectivity index (χ0n) is 14.5. The molecule has 9 nitrogen and oxygen atoms in total. The molecule has 0 spiro atoms. The van der Waals surface area contributed by atoms with Crippen LogP contribution in [0, 0.1) is 6.92 Å². The van der Waals surface area contributed by atoms with Crippen molar-refractivity contribution in [2.24, 2.45) is 0 Å². The van der Waals surface area contributed by atoms with E-state index in [2.05, 4.69) is 32.1 Å². The molecule has 2 aromatic heterocycles. The van der Waals surface area contributed by atoms with Gasteiger partial charge in [-0.05, 0) is 32.5 Å². The van der Waals surface area contributed by atoms with Gasteiger partial charge in [0.25, 0.3) is 0 Å². The SMILES string of the molecule is Cc1nnc2ccc(N3CC(N(C)CCN4CCCS4(=O)=O)C3)nn12. The van der Waals surface area contributed by atoms with Gasteiger partial charge in [-0.3, -0.25) is 4.90 Å². The lowest BCUT2D eigenvalue weighted by atomic mass is 10.1. The molecule has 10 heteroatoms. The monoisotopic (exact) mass is 365 g/mol. The molecule has 2 aliphatic heterocycles. The lowest BCUT2D eigenvalue weighted by molar-refractivity contribution is 0.193. The van der Waals surface area contributed by atoms with Crippen LogP contribution in [0.5, 0.6) is 0 Å². The molecule has 136 valence electrons. The van der Waals surface area contributed by atoms with E-state index in [4.69, 9.17) is 0 Å². The maximum Gasteiger partial charge on any atom is 0.214 e. The first-order valence-corrected chi connectivity index (χ1v) is 10.2. The number of aryl methyl sites for hydroxylation is 1. The zero-order chi connectivity index (χ0) is 17.6. The molecule has 0 amide bonds. The van der Waals surface area contributed by atoms with Gasteiger partial charge in [-0.25, -0.2) is 12.7 Å². The Kier molecular flexibility index (Phi) is 4.13. The third-order valence-corrected chi connectivity index (χ3v) is 7.08. The molecule has 2 aliphatic rings. The van der Waals surface area contributed by atoms with Crippen LogP contribution in [0.4, 0.5) is 5.82 Å². The van der Waals surface area contributed by atoms with Crippen molar-refractivity contribution in [2.45, 2.75) is 19.4 Å². The highest BCUT2D eigenvalue weighted by molar-refractivity contribution is 7.89. The van der Waals surface area contributed by atoms with Crippen molar-refractivity contribution in [2.75, 3.05) is 50.4 Å². The van der Waals surface area contributed by atoms with Gasteiger partial charge < -0.3 is 4.90 Å². The Labute approximate surface area is 147 Å². The number of aromatic nitrogens is 4. The van der Waals surface area contributed by atoms with Crippen LogP contribution in [0.1, 0.15) is 12.2 Å². The average molecular weight is 365 g/mol. The summed E-state index contributed by atoms with van der Waals surface area (Å²) in [6.45, 7) is 5.67. The van der Waals surface area contributed by atoms with E-state index in [1.807, 2.05) is 19.1 Å². The second-order valence-electron chi connectivity index (χ2n) is 6.82. The summed E-state index contributed by atoms with van der Waals surface area (Å²) < 4.78 is 27.1. The molecule has 4 rings (SSSR count). The largest absolute Gasteiger partial charge is 0.352 e. The Bertz CT molecular complexity index is 875. The van der Waals surface area contributed by atoms with Gasteiger partial charge in [-0.2, -0.15) is 4.52 Å². The molecule has 0 N–H and O–H groups in total. The second-order valence-corrected chi connectivity index (χ2v) is 8.91. The first kappa shape index (κ1) is 16.7. The summed E-state index contributed by atoms with van der Waals surface area (Å²) in [4.78, 5) is 4.46. The zero-order valence-corrected chi connectivity index (χ0v) is 15.4. The van der Waals surface area contributed by atoms with Crippen LogP contribution < -0.4 is 4.90 Å². The van der Waals surface area contributed by atoms with Crippen molar-refractivity contribution >= 4 is 21.5 Å². The Morgan fingerprint density at radius 3 is 2.80 bits per heavy atom. The third kappa shape index (κ3) is 3.09. The minimum absolute atomic E-state index is 0.296. The molecular formula is C15H23N7O2S. The second kappa shape index (κ2) is 6.19. The van der Waals surface area contributed by atoms with Gasteiger partial charge in [-0.15, -0.1) is 15.3 Å². The molecule has 25 heavy (non-hydrogen) atoms. The van der Waals surface area contributed by atoms with Crippen LogP contribution in [0.3, 0.4) is 0 Å². The maximum atomic E-state index is 11.9. The molecule has 0 aliphatic carbocycles. The van der Waals surface area contributed by atoms with Gasteiger partial charge in [0.15, 0.2) is 11.5 Å². The molecule has 2 aromatic rings. The maximum absolute atomic E-state index is 11.9. The summed E-state index contributed by atoms with van der Waals surface area (Å²) >= 11 is 0. The molecule has 0 saturated carbocycles. The highest BCUT2D eigenvalue weighted by Gasteiger charge is 2.33. The lowest BCUT2D eigenvalue weighted by Crippen LogP contribution is -2.59. The van der Waals surface area contributed by atoms with E-state index in [0.29, 0.717) is 24.9 Å². The van der Waals surface area contributed by atoms with Crippen molar-refractivity contribution < 1.29 is 8.42 Å². The number of fused-ring (bicyclic) bond motifs is 1. The summed E-state index contributed by atoms with van der Waals surface area (Å²) in [5, 5.41) is 12.7. The van der Waals surface area contributed by atoms with Crippen molar-refractivity contribution in [1.29, 1.82) is 0 Å². The highest BCUT2D eigenvalue weighted by Crippen LogP contribution is 2.22. The predicted molar refractivity (Wildman–Crippen MR) is 94.1 cm³/mol. The first-order chi connectivity index (χ1) is 11.9. The molecule has 0 bridgehead atoms. The number of nitrogens with zero attached hydrogens (tertiary/aromatic N) is 7. The summed E-state index contributed by atoms with van der Waals surface area (Å²) in [6, 6.07) is 4.32. The predicted octanol–water partition coefficient (Wildman–Crippen LogP) is -0.411. The Morgan fingerprint density at radius 1 is 1.28 bits per heavy atom. The number of sulfonamides is 1. The van der Waals surface area contributed by atoms with E-state index in [0.717, 1.165) is 43.3 Å². The Hall–Kier alpha value is -1.78. The lowest BCUT2D eigenvalue weighted by Gasteiger charge is -2.44. The minimum atomic E-state index is -3.00. The van der Waals surface area contributed by atoms with Crippen LogP contribution in [-0.2, 0) is 10.0 Å². The normalized spacial score (nSPS) is 21.3. The summed E-state index contributed by atoms with van der Waals surface area (Å²) in [5.41, 5.74) is 0.752. The van der Waals surface area contributed by atoms with Gasteiger partial charge in [0.1, 0.15) is 5.82 Å². The van der Waals surface area contributed by atoms with E-state index in [1.54, 1.807) is 8.82 Å². The summed E-state index contributed by atoms with van der Waals surface area (Å²) in [7, 11) is -0.938. The van der Waals surface area contributed by atoms with E-state index in [-0.39, 0.29) is 0 Å². The number of anilines is 1. The quantitative estimate of drug-likeness (QED) is 0.712. The summed E-state index contributed by atoms with van der Waals surface area (Å²) in [6.07, 6.45) is 0.750. The fourth-order valence-electron chi connectivity index (χ4n) is 3.37. The number of rotatable bonds is 5. The molecule has 4 heterocycles. The first-order valence-electron chi connectivity index (χ1n) is 8.56. The van der Waals surface area contributed by atoms with E-state index in [9.17, 15) is 8.42 Å². The van der Waals surface area contributed by atoms with Gasteiger partial charge in [0.2, 0.25) is 10.0 Å². The number of likely N-dealkylation sites (N-methyl/N-ethyl adjacent to an activating group) is 1.